The maximum absolute atomic E-state index is 13.5. The number of benzene rings is 3. The Morgan fingerprint density at radius 1 is 1.03 bits per heavy atom. The molecule has 0 radical (unpaired) electrons. The molecule has 1 aliphatic rings. The van der Waals surface area contributed by atoms with Crippen LogP contribution in [-0.2, 0) is 6.54 Å². The average molecular weight is 444 g/mol. The van der Waals surface area contributed by atoms with Crippen LogP contribution in [0.3, 0.4) is 0 Å². The van der Waals surface area contributed by atoms with Crippen LogP contribution in [0.15, 0.2) is 78.9 Å². The van der Waals surface area contributed by atoms with Crippen molar-refractivity contribution in [2.24, 2.45) is 0 Å². The number of H-pyrrole nitrogens is 1. The number of fused-ring (bicyclic) bond motifs is 1. The molecule has 5 nitrogen and oxygen atoms in total. The molecule has 0 saturated carbocycles. The van der Waals surface area contributed by atoms with Crippen LogP contribution in [0.25, 0.3) is 11.3 Å². The van der Waals surface area contributed by atoms with Crippen LogP contribution >= 0.6 is 11.6 Å². The van der Waals surface area contributed by atoms with Crippen LogP contribution < -0.4 is 4.74 Å². The first-order valence-corrected chi connectivity index (χ1v) is 11.0. The molecule has 160 valence electrons. The lowest BCUT2D eigenvalue weighted by atomic mass is 9.95. The minimum absolute atomic E-state index is 0.0727. The molecule has 0 aliphatic carbocycles. The third-order valence-corrected chi connectivity index (χ3v) is 5.91. The van der Waals surface area contributed by atoms with E-state index >= 15 is 0 Å². The molecule has 0 bridgehead atoms. The Morgan fingerprint density at radius 3 is 2.56 bits per heavy atom. The molecule has 1 N–H and O–H groups in total. The van der Waals surface area contributed by atoms with E-state index in [1.807, 2.05) is 90.7 Å². The summed E-state index contributed by atoms with van der Waals surface area (Å²) in [6.45, 7) is 2.99. The van der Waals surface area contributed by atoms with Gasteiger partial charge >= 0.3 is 0 Å². The molecule has 5 rings (SSSR count). The van der Waals surface area contributed by atoms with Crippen LogP contribution in [0.4, 0.5) is 0 Å². The summed E-state index contributed by atoms with van der Waals surface area (Å²) < 4.78 is 5.74. The number of rotatable bonds is 6. The Balaban J connectivity index is 1.63. The van der Waals surface area contributed by atoms with Gasteiger partial charge in [-0.25, -0.2) is 0 Å². The zero-order chi connectivity index (χ0) is 22.1. The fraction of sp³-hybridized carbons (Fsp3) is 0.154. The number of aromatic nitrogens is 2. The summed E-state index contributed by atoms with van der Waals surface area (Å²) in [7, 11) is 0. The summed E-state index contributed by atoms with van der Waals surface area (Å²) in [6, 6.07) is 25.2. The number of amides is 1. The molecular formula is C26H22ClN3O2. The van der Waals surface area contributed by atoms with Crippen molar-refractivity contribution in [3.8, 4) is 17.0 Å². The number of hydrogen-bond acceptors (Lipinski definition) is 3. The number of nitrogens with zero attached hydrogens (tertiary/aromatic N) is 2. The Labute approximate surface area is 191 Å². The first kappa shape index (κ1) is 20.3. The lowest BCUT2D eigenvalue weighted by molar-refractivity contribution is 0.0730. The van der Waals surface area contributed by atoms with Crippen molar-refractivity contribution in [3.05, 3.63) is 106 Å². The van der Waals surface area contributed by atoms with Gasteiger partial charge in [-0.3, -0.25) is 9.89 Å². The smallest absolute Gasteiger partial charge is 0.273 e. The highest BCUT2D eigenvalue weighted by Crippen LogP contribution is 2.44. The molecule has 0 saturated heterocycles. The monoisotopic (exact) mass is 443 g/mol. The standard InChI is InChI=1S/C26H22ClN3O2/c1-2-32-21-10-6-9-19(15-21)25-22-23(18-7-4-3-5-8-18)28-29-24(22)26(31)30(25)16-17-11-13-20(27)14-12-17/h3-15,25H,2,16H2,1H3,(H,28,29). The zero-order valence-corrected chi connectivity index (χ0v) is 18.3. The van der Waals surface area contributed by atoms with Crippen LogP contribution in [0.1, 0.15) is 40.1 Å². The van der Waals surface area contributed by atoms with E-state index in [-0.39, 0.29) is 11.9 Å². The second-order valence-corrected chi connectivity index (χ2v) is 8.13. The predicted molar refractivity (Wildman–Crippen MR) is 125 cm³/mol. The van der Waals surface area contributed by atoms with E-state index < -0.39 is 0 Å². The van der Waals surface area contributed by atoms with E-state index in [4.69, 9.17) is 16.3 Å². The lowest BCUT2D eigenvalue weighted by Crippen LogP contribution is -2.29. The average Bonchev–Trinajstić information content (AvgIpc) is 3.36. The molecule has 1 aliphatic heterocycles. The second-order valence-electron chi connectivity index (χ2n) is 7.69. The van der Waals surface area contributed by atoms with Gasteiger partial charge in [0.25, 0.3) is 5.91 Å². The summed E-state index contributed by atoms with van der Waals surface area (Å²) in [5.41, 5.74) is 5.17. The fourth-order valence-corrected chi connectivity index (χ4v) is 4.38. The van der Waals surface area contributed by atoms with Crippen LogP contribution in [0.2, 0.25) is 5.02 Å². The van der Waals surface area contributed by atoms with E-state index in [2.05, 4.69) is 10.2 Å². The minimum Gasteiger partial charge on any atom is -0.494 e. The number of halogens is 1. The van der Waals surface area contributed by atoms with Crippen molar-refractivity contribution in [2.75, 3.05) is 6.61 Å². The molecule has 1 atom stereocenters. The highest BCUT2D eigenvalue weighted by molar-refractivity contribution is 6.30. The second kappa shape index (κ2) is 8.52. The molecule has 0 fully saturated rings. The van der Waals surface area contributed by atoms with E-state index in [1.165, 1.54) is 0 Å². The fourth-order valence-electron chi connectivity index (χ4n) is 4.25. The predicted octanol–water partition coefficient (Wildman–Crippen LogP) is 5.87. The third-order valence-electron chi connectivity index (χ3n) is 5.66. The highest BCUT2D eigenvalue weighted by atomic mass is 35.5. The van der Waals surface area contributed by atoms with Crippen molar-refractivity contribution in [1.29, 1.82) is 0 Å². The number of aromatic amines is 1. The van der Waals surface area contributed by atoms with E-state index in [0.29, 0.717) is 23.9 Å². The van der Waals surface area contributed by atoms with Gasteiger partial charge in [0.1, 0.15) is 11.4 Å². The Kier molecular flexibility index (Phi) is 5.41. The van der Waals surface area contributed by atoms with Crippen molar-refractivity contribution < 1.29 is 9.53 Å². The number of hydrogen-bond donors (Lipinski definition) is 1. The van der Waals surface area contributed by atoms with Crippen LogP contribution in [0.5, 0.6) is 5.75 Å². The molecule has 4 aromatic rings. The normalized spacial score (nSPS) is 15.1. The molecular weight excluding hydrogens is 422 g/mol. The van der Waals surface area contributed by atoms with E-state index in [0.717, 1.165) is 33.7 Å². The topological polar surface area (TPSA) is 58.2 Å². The molecule has 3 aromatic carbocycles. The van der Waals surface area contributed by atoms with E-state index in [1.54, 1.807) is 0 Å². The van der Waals surface area contributed by atoms with Gasteiger partial charge < -0.3 is 9.64 Å². The van der Waals surface area contributed by atoms with Gasteiger partial charge in [-0.15, -0.1) is 0 Å². The molecule has 1 amide bonds. The number of nitrogens with one attached hydrogen (secondary N) is 1. The van der Waals surface area contributed by atoms with Crippen LogP contribution in [0, 0.1) is 0 Å². The molecule has 32 heavy (non-hydrogen) atoms. The first-order chi connectivity index (χ1) is 15.7. The van der Waals surface area contributed by atoms with Crippen molar-refractivity contribution in [3.63, 3.8) is 0 Å². The molecule has 1 unspecified atom stereocenters. The summed E-state index contributed by atoms with van der Waals surface area (Å²) in [5.74, 6) is 0.707. The molecule has 0 spiro atoms. The zero-order valence-electron chi connectivity index (χ0n) is 17.6. The van der Waals surface area contributed by atoms with Gasteiger partial charge in [-0.05, 0) is 42.3 Å². The maximum atomic E-state index is 13.5. The highest BCUT2D eigenvalue weighted by Gasteiger charge is 2.42. The minimum atomic E-state index is -0.289. The summed E-state index contributed by atoms with van der Waals surface area (Å²) in [4.78, 5) is 15.4. The Hall–Kier alpha value is -3.57. The largest absolute Gasteiger partial charge is 0.494 e. The molecule has 2 heterocycles. The van der Waals surface area contributed by atoms with Crippen molar-refractivity contribution in [2.45, 2.75) is 19.5 Å². The van der Waals surface area contributed by atoms with Gasteiger partial charge in [0.05, 0.1) is 18.3 Å². The van der Waals surface area contributed by atoms with Gasteiger partial charge in [0, 0.05) is 22.7 Å². The van der Waals surface area contributed by atoms with Gasteiger partial charge in [-0.1, -0.05) is 66.2 Å². The Bertz CT molecular complexity index is 1250. The lowest BCUT2D eigenvalue weighted by Gasteiger charge is -2.27. The quantitative estimate of drug-likeness (QED) is 0.405. The molecule has 6 heteroatoms. The summed E-state index contributed by atoms with van der Waals surface area (Å²) in [5, 5.41) is 8.20. The number of ether oxygens (including phenoxy) is 1. The molecule has 1 aromatic heterocycles. The summed E-state index contributed by atoms with van der Waals surface area (Å²) in [6.07, 6.45) is 0. The van der Waals surface area contributed by atoms with Crippen molar-refractivity contribution in [1.82, 2.24) is 15.1 Å². The SMILES string of the molecule is CCOc1cccc(C2c3c(-c4ccccc4)n[nH]c3C(=O)N2Cc2ccc(Cl)cc2)c1. The number of carbonyl (C=O) groups is 1. The summed E-state index contributed by atoms with van der Waals surface area (Å²) >= 11 is 6.07. The van der Waals surface area contributed by atoms with Crippen LogP contribution in [-0.4, -0.2) is 27.6 Å². The third kappa shape index (κ3) is 3.65. The van der Waals surface area contributed by atoms with Gasteiger partial charge in [-0.2, -0.15) is 5.10 Å². The first-order valence-electron chi connectivity index (χ1n) is 10.6. The number of carbonyl (C=O) groups excluding carboxylic acids is 1. The maximum Gasteiger partial charge on any atom is 0.273 e. The van der Waals surface area contributed by atoms with Crippen molar-refractivity contribution >= 4 is 17.5 Å². The van der Waals surface area contributed by atoms with Gasteiger partial charge in [0.2, 0.25) is 0 Å². The Morgan fingerprint density at radius 2 is 1.81 bits per heavy atom. The van der Waals surface area contributed by atoms with Gasteiger partial charge in [0.15, 0.2) is 0 Å². The van der Waals surface area contributed by atoms with E-state index in [9.17, 15) is 4.79 Å².